The van der Waals surface area contributed by atoms with Gasteiger partial charge < -0.3 is 20.7 Å². The minimum Gasteiger partial charge on any atom is -0.380 e. The van der Waals surface area contributed by atoms with Crippen molar-refractivity contribution in [3.8, 4) is 0 Å². The monoisotopic (exact) mass is 279 g/mol. The van der Waals surface area contributed by atoms with Crippen LogP contribution in [-0.4, -0.2) is 38.2 Å². The first-order chi connectivity index (χ1) is 9.72. The van der Waals surface area contributed by atoms with Crippen LogP contribution in [0.15, 0.2) is 30.3 Å². The maximum atomic E-state index is 11.5. The van der Waals surface area contributed by atoms with Crippen LogP contribution in [0.5, 0.6) is 0 Å². The molecule has 0 spiro atoms. The van der Waals surface area contributed by atoms with Crippen LogP contribution in [0.3, 0.4) is 0 Å². The lowest BCUT2D eigenvalue weighted by Crippen LogP contribution is -2.42. The van der Waals surface area contributed by atoms with Crippen molar-refractivity contribution in [1.29, 1.82) is 0 Å². The minimum absolute atomic E-state index is 0.0483. The van der Waals surface area contributed by atoms with E-state index in [9.17, 15) is 9.59 Å². The Hall–Kier alpha value is -2.08. The van der Waals surface area contributed by atoms with Gasteiger partial charge in [-0.3, -0.25) is 4.79 Å². The van der Waals surface area contributed by atoms with E-state index < -0.39 is 0 Å². The minimum atomic E-state index is -0.375. The fraction of sp³-hybridized carbons (Fsp3) is 0.429. The summed E-state index contributed by atoms with van der Waals surface area (Å²) in [7, 11) is 0. The first kappa shape index (κ1) is 16.0. The third kappa shape index (κ3) is 7.38. The highest BCUT2D eigenvalue weighted by atomic mass is 16.5. The number of amides is 3. The molecule has 110 valence electrons. The normalized spacial score (nSPS) is 9.85. The molecular formula is C14H21N3O3. The van der Waals surface area contributed by atoms with Crippen LogP contribution in [0, 0.1) is 0 Å². The number of hydrogen-bond donors (Lipinski definition) is 3. The largest absolute Gasteiger partial charge is 0.380 e. The van der Waals surface area contributed by atoms with Crippen molar-refractivity contribution in [2.24, 2.45) is 0 Å². The Morgan fingerprint density at radius 3 is 2.55 bits per heavy atom. The van der Waals surface area contributed by atoms with Crippen LogP contribution >= 0.6 is 0 Å². The second-order valence-corrected chi connectivity index (χ2v) is 4.07. The zero-order chi connectivity index (χ0) is 14.6. The van der Waals surface area contributed by atoms with Gasteiger partial charge in [0, 0.05) is 19.7 Å². The first-order valence-corrected chi connectivity index (χ1v) is 6.62. The van der Waals surface area contributed by atoms with Gasteiger partial charge in [-0.05, 0) is 12.5 Å². The molecule has 0 aliphatic carbocycles. The van der Waals surface area contributed by atoms with E-state index in [1.165, 1.54) is 0 Å². The van der Waals surface area contributed by atoms with E-state index in [0.29, 0.717) is 26.3 Å². The lowest BCUT2D eigenvalue weighted by atomic mass is 10.2. The molecule has 1 aromatic carbocycles. The number of carbonyl (C=O) groups is 2. The summed E-state index contributed by atoms with van der Waals surface area (Å²) in [6.45, 7) is 3.79. The van der Waals surface area contributed by atoms with E-state index in [1.54, 1.807) is 0 Å². The van der Waals surface area contributed by atoms with Gasteiger partial charge in [-0.2, -0.15) is 0 Å². The molecule has 0 aliphatic heterocycles. The molecule has 0 aromatic heterocycles. The highest BCUT2D eigenvalue weighted by molar-refractivity contribution is 5.83. The Morgan fingerprint density at radius 2 is 1.85 bits per heavy atom. The standard InChI is InChI=1S/C14H21N3O3/c1-2-20-9-8-15-14(19)17-11-13(18)16-10-12-6-4-3-5-7-12/h3-7H,2,8-11H2,1H3,(H,16,18)(H2,15,17,19). The molecule has 3 N–H and O–H groups in total. The molecular weight excluding hydrogens is 258 g/mol. The third-order valence-corrected chi connectivity index (χ3v) is 2.48. The second-order valence-electron chi connectivity index (χ2n) is 4.07. The molecule has 6 nitrogen and oxygen atoms in total. The number of carbonyl (C=O) groups excluding carboxylic acids is 2. The zero-order valence-electron chi connectivity index (χ0n) is 11.6. The maximum Gasteiger partial charge on any atom is 0.315 e. The van der Waals surface area contributed by atoms with E-state index >= 15 is 0 Å². The van der Waals surface area contributed by atoms with Crippen molar-refractivity contribution >= 4 is 11.9 Å². The predicted molar refractivity (Wildman–Crippen MR) is 76.2 cm³/mol. The van der Waals surface area contributed by atoms with Gasteiger partial charge in [-0.1, -0.05) is 30.3 Å². The van der Waals surface area contributed by atoms with Gasteiger partial charge in [0.1, 0.15) is 0 Å². The zero-order valence-corrected chi connectivity index (χ0v) is 11.6. The summed E-state index contributed by atoms with van der Waals surface area (Å²) in [5.74, 6) is -0.228. The SMILES string of the molecule is CCOCCNC(=O)NCC(=O)NCc1ccccc1. The van der Waals surface area contributed by atoms with Gasteiger partial charge in [-0.25, -0.2) is 4.79 Å². The molecule has 1 rings (SSSR count). The molecule has 6 heteroatoms. The Balaban J connectivity index is 2.09. The Kier molecular flexibility index (Phi) is 7.83. The fourth-order valence-corrected chi connectivity index (χ4v) is 1.46. The molecule has 0 unspecified atom stereocenters. The molecule has 0 saturated carbocycles. The lowest BCUT2D eigenvalue weighted by Gasteiger charge is -2.08. The second kappa shape index (κ2) is 9.80. The van der Waals surface area contributed by atoms with Gasteiger partial charge in [0.25, 0.3) is 0 Å². The van der Waals surface area contributed by atoms with Crippen LogP contribution in [0.4, 0.5) is 4.79 Å². The third-order valence-electron chi connectivity index (χ3n) is 2.48. The molecule has 0 bridgehead atoms. The summed E-state index contributed by atoms with van der Waals surface area (Å²) >= 11 is 0. The van der Waals surface area contributed by atoms with Gasteiger partial charge in [0.05, 0.1) is 13.2 Å². The summed E-state index contributed by atoms with van der Waals surface area (Å²) in [5, 5.41) is 7.79. The molecule has 0 aliphatic rings. The number of nitrogens with one attached hydrogen (secondary N) is 3. The summed E-state index contributed by atoms with van der Waals surface area (Å²) in [5.41, 5.74) is 1.02. The van der Waals surface area contributed by atoms with E-state index in [-0.39, 0.29) is 18.5 Å². The summed E-state index contributed by atoms with van der Waals surface area (Å²) in [4.78, 5) is 22.8. The van der Waals surface area contributed by atoms with Gasteiger partial charge >= 0.3 is 6.03 Å². The molecule has 1 aromatic rings. The average Bonchev–Trinajstić information content (AvgIpc) is 2.48. The summed E-state index contributed by atoms with van der Waals surface area (Å²) in [6, 6.07) is 9.21. The molecule has 0 heterocycles. The molecule has 20 heavy (non-hydrogen) atoms. The number of urea groups is 1. The van der Waals surface area contributed by atoms with Crippen LogP contribution in [-0.2, 0) is 16.1 Å². The Bertz CT molecular complexity index is 409. The summed E-state index contributed by atoms with van der Waals surface area (Å²) < 4.78 is 5.08. The van der Waals surface area contributed by atoms with Crippen molar-refractivity contribution in [3.05, 3.63) is 35.9 Å². The van der Waals surface area contributed by atoms with E-state index in [0.717, 1.165) is 5.56 Å². The van der Waals surface area contributed by atoms with Crippen LogP contribution in [0.1, 0.15) is 12.5 Å². The first-order valence-electron chi connectivity index (χ1n) is 6.62. The Morgan fingerprint density at radius 1 is 1.10 bits per heavy atom. The smallest absolute Gasteiger partial charge is 0.315 e. The van der Waals surface area contributed by atoms with Gasteiger partial charge in [0.2, 0.25) is 5.91 Å². The van der Waals surface area contributed by atoms with Crippen LogP contribution in [0.25, 0.3) is 0 Å². The number of ether oxygens (including phenoxy) is 1. The number of hydrogen-bond acceptors (Lipinski definition) is 3. The van der Waals surface area contributed by atoms with Crippen molar-refractivity contribution in [1.82, 2.24) is 16.0 Å². The van der Waals surface area contributed by atoms with E-state index in [2.05, 4.69) is 16.0 Å². The average molecular weight is 279 g/mol. The lowest BCUT2D eigenvalue weighted by molar-refractivity contribution is -0.120. The van der Waals surface area contributed by atoms with E-state index in [1.807, 2.05) is 37.3 Å². The highest BCUT2D eigenvalue weighted by Gasteiger charge is 2.04. The molecule has 0 radical (unpaired) electrons. The van der Waals surface area contributed by atoms with Crippen LogP contribution < -0.4 is 16.0 Å². The Labute approximate surface area is 118 Å². The van der Waals surface area contributed by atoms with Gasteiger partial charge in [-0.15, -0.1) is 0 Å². The van der Waals surface area contributed by atoms with Crippen molar-refractivity contribution in [2.45, 2.75) is 13.5 Å². The number of rotatable bonds is 8. The molecule has 0 atom stereocenters. The highest BCUT2D eigenvalue weighted by Crippen LogP contribution is 1.96. The molecule has 0 saturated heterocycles. The van der Waals surface area contributed by atoms with Crippen molar-refractivity contribution in [2.75, 3.05) is 26.3 Å². The quantitative estimate of drug-likeness (QED) is 0.611. The predicted octanol–water partition coefficient (Wildman–Crippen LogP) is 0.639. The topological polar surface area (TPSA) is 79.5 Å². The van der Waals surface area contributed by atoms with Crippen LogP contribution in [0.2, 0.25) is 0 Å². The maximum absolute atomic E-state index is 11.5. The number of benzene rings is 1. The fourth-order valence-electron chi connectivity index (χ4n) is 1.46. The van der Waals surface area contributed by atoms with E-state index in [4.69, 9.17) is 4.74 Å². The summed E-state index contributed by atoms with van der Waals surface area (Å²) in [6.07, 6.45) is 0. The van der Waals surface area contributed by atoms with Crippen molar-refractivity contribution < 1.29 is 14.3 Å². The van der Waals surface area contributed by atoms with Crippen molar-refractivity contribution in [3.63, 3.8) is 0 Å². The van der Waals surface area contributed by atoms with Gasteiger partial charge in [0.15, 0.2) is 0 Å². The molecule has 0 fully saturated rings. The molecule has 3 amide bonds.